The molecule has 1 N–H and O–H groups in total. The maximum atomic E-state index is 10.9. The van der Waals surface area contributed by atoms with Crippen LogP contribution >= 0.6 is 0 Å². The quantitative estimate of drug-likeness (QED) is 0.852. The van der Waals surface area contributed by atoms with E-state index in [0.717, 1.165) is 13.0 Å². The predicted molar refractivity (Wildman–Crippen MR) is 73.5 cm³/mol. The van der Waals surface area contributed by atoms with E-state index in [0.29, 0.717) is 5.92 Å². The fourth-order valence-corrected chi connectivity index (χ4v) is 3.33. The zero-order valence-electron chi connectivity index (χ0n) is 10.8. The van der Waals surface area contributed by atoms with E-state index in [1.165, 1.54) is 35.3 Å². The second kappa shape index (κ2) is 4.60. The summed E-state index contributed by atoms with van der Waals surface area (Å²) in [5.74, 6) is 0.678. The van der Waals surface area contributed by atoms with Gasteiger partial charge in [0, 0.05) is 13.5 Å². The van der Waals surface area contributed by atoms with Crippen molar-refractivity contribution in [2.45, 2.75) is 38.5 Å². The van der Waals surface area contributed by atoms with Crippen molar-refractivity contribution in [1.82, 2.24) is 5.32 Å². The molecule has 0 fully saturated rings. The molecule has 2 nitrogen and oxygen atoms in total. The van der Waals surface area contributed by atoms with Gasteiger partial charge in [-0.15, -0.1) is 0 Å². The SMILES string of the molecule is CC(=O)NCCC1CC2=c3c1cccc3=CCC2. The minimum absolute atomic E-state index is 0.0730. The van der Waals surface area contributed by atoms with Crippen LogP contribution in [-0.2, 0) is 4.79 Å². The summed E-state index contributed by atoms with van der Waals surface area (Å²) in [6.45, 7) is 2.38. The molecule has 2 heteroatoms. The van der Waals surface area contributed by atoms with Crippen LogP contribution in [0, 0.1) is 0 Å². The second-order valence-corrected chi connectivity index (χ2v) is 5.33. The van der Waals surface area contributed by atoms with Crippen molar-refractivity contribution in [3.63, 3.8) is 0 Å². The molecular formula is C16H19NO. The number of amides is 1. The van der Waals surface area contributed by atoms with Gasteiger partial charge >= 0.3 is 0 Å². The summed E-state index contributed by atoms with van der Waals surface area (Å²) in [5.41, 5.74) is 3.14. The highest BCUT2D eigenvalue weighted by atomic mass is 16.1. The van der Waals surface area contributed by atoms with Crippen molar-refractivity contribution in [2.75, 3.05) is 6.54 Å². The molecule has 1 amide bonds. The van der Waals surface area contributed by atoms with Gasteiger partial charge in [-0.2, -0.15) is 0 Å². The Balaban J connectivity index is 1.85. The molecular weight excluding hydrogens is 222 g/mol. The Bertz CT molecular complexity index is 600. The summed E-state index contributed by atoms with van der Waals surface area (Å²) < 4.78 is 0. The van der Waals surface area contributed by atoms with E-state index < -0.39 is 0 Å². The third-order valence-electron chi connectivity index (χ3n) is 4.09. The zero-order valence-corrected chi connectivity index (χ0v) is 10.8. The molecule has 0 heterocycles. The van der Waals surface area contributed by atoms with Gasteiger partial charge in [0.2, 0.25) is 5.91 Å². The lowest BCUT2D eigenvalue weighted by molar-refractivity contribution is -0.118. The van der Waals surface area contributed by atoms with Crippen LogP contribution in [0.3, 0.4) is 0 Å². The van der Waals surface area contributed by atoms with Crippen LogP contribution in [0.1, 0.15) is 44.1 Å². The molecule has 1 atom stereocenters. The average molecular weight is 241 g/mol. The van der Waals surface area contributed by atoms with E-state index in [2.05, 4.69) is 29.6 Å². The van der Waals surface area contributed by atoms with Gasteiger partial charge in [0.25, 0.3) is 0 Å². The summed E-state index contributed by atoms with van der Waals surface area (Å²) in [7, 11) is 0. The lowest BCUT2D eigenvalue weighted by Gasteiger charge is -2.12. The topological polar surface area (TPSA) is 29.1 Å². The fraction of sp³-hybridized carbons (Fsp3) is 0.438. The van der Waals surface area contributed by atoms with Crippen molar-refractivity contribution in [2.24, 2.45) is 0 Å². The van der Waals surface area contributed by atoms with E-state index in [4.69, 9.17) is 0 Å². The van der Waals surface area contributed by atoms with Gasteiger partial charge in [-0.3, -0.25) is 4.79 Å². The minimum Gasteiger partial charge on any atom is -0.356 e. The van der Waals surface area contributed by atoms with Gasteiger partial charge in [-0.25, -0.2) is 0 Å². The van der Waals surface area contributed by atoms with Crippen LogP contribution in [0.5, 0.6) is 0 Å². The molecule has 3 rings (SSSR count). The first-order valence-corrected chi connectivity index (χ1v) is 6.81. The Morgan fingerprint density at radius 2 is 2.33 bits per heavy atom. The Hall–Kier alpha value is -1.57. The second-order valence-electron chi connectivity index (χ2n) is 5.33. The molecule has 1 unspecified atom stereocenters. The van der Waals surface area contributed by atoms with Crippen molar-refractivity contribution >= 4 is 17.6 Å². The summed E-state index contributed by atoms with van der Waals surface area (Å²) in [6.07, 6.45) is 7.02. The normalized spacial score (nSPS) is 20.3. The number of benzene rings is 1. The zero-order chi connectivity index (χ0) is 12.5. The molecule has 0 aromatic heterocycles. The molecule has 0 spiro atoms. The van der Waals surface area contributed by atoms with Gasteiger partial charge < -0.3 is 5.32 Å². The van der Waals surface area contributed by atoms with Gasteiger partial charge in [-0.1, -0.05) is 29.8 Å². The van der Waals surface area contributed by atoms with Gasteiger partial charge in [0.1, 0.15) is 0 Å². The molecule has 0 radical (unpaired) electrons. The number of nitrogens with one attached hydrogen (secondary N) is 1. The average Bonchev–Trinajstić information content (AvgIpc) is 2.70. The predicted octanol–water partition coefficient (Wildman–Crippen LogP) is 1.43. The molecule has 2 aliphatic carbocycles. The first-order chi connectivity index (χ1) is 8.75. The molecule has 2 aliphatic rings. The summed E-state index contributed by atoms with van der Waals surface area (Å²) >= 11 is 0. The molecule has 0 saturated carbocycles. The largest absolute Gasteiger partial charge is 0.356 e. The first kappa shape index (κ1) is 11.5. The van der Waals surface area contributed by atoms with E-state index in [-0.39, 0.29) is 5.91 Å². The fourth-order valence-electron chi connectivity index (χ4n) is 3.33. The molecule has 1 aromatic rings. The standard InChI is InChI=1S/C16H19NO/c1-11(18)17-9-8-13-10-14-6-2-4-12-5-3-7-15(13)16(12)14/h3-5,7,13H,2,6,8-10H2,1H3,(H,17,18). The maximum Gasteiger partial charge on any atom is 0.216 e. The number of rotatable bonds is 3. The lowest BCUT2D eigenvalue weighted by atomic mass is 9.96. The van der Waals surface area contributed by atoms with Crippen LogP contribution in [0.2, 0.25) is 0 Å². The van der Waals surface area contributed by atoms with Gasteiger partial charge in [-0.05, 0) is 47.6 Å². The maximum absolute atomic E-state index is 10.9. The highest BCUT2D eigenvalue weighted by molar-refractivity contribution is 5.72. The summed E-state index contributed by atoms with van der Waals surface area (Å²) in [5, 5.41) is 5.86. The van der Waals surface area contributed by atoms with Crippen LogP contribution in [0.15, 0.2) is 18.2 Å². The van der Waals surface area contributed by atoms with Crippen molar-refractivity contribution in [3.8, 4) is 0 Å². The highest BCUT2D eigenvalue weighted by Crippen LogP contribution is 2.32. The monoisotopic (exact) mass is 241 g/mol. The Morgan fingerprint density at radius 3 is 3.17 bits per heavy atom. The highest BCUT2D eigenvalue weighted by Gasteiger charge is 2.23. The van der Waals surface area contributed by atoms with Crippen molar-refractivity contribution in [1.29, 1.82) is 0 Å². The van der Waals surface area contributed by atoms with Crippen molar-refractivity contribution < 1.29 is 4.79 Å². The van der Waals surface area contributed by atoms with E-state index >= 15 is 0 Å². The van der Waals surface area contributed by atoms with E-state index in [1.807, 2.05) is 0 Å². The minimum atomic E-state index is 0.0730. The van der Waals surface area contributed by atoms with Gasteiger partial charge in [0.05, 0.1) is 0 Å². The summed E-state index contributed by atoms with van der Waals surface area (Å²) in [4.78, 5) is 10.9. The smallest absolute Gasteiger partial charge is 0.216 e. The van der Waals surface area contributed by atoms with E-state index in [9.17, 15) is 4.79 Å². The first-order valence-electron chi connectivity index (χ1n) is 6.81. The van der Waals surface area contributed by atoms with E-state index in [1.54, 1.807) is 12.5 Å². The Morgan fingerprint density at radius 1 is 1.44 bits per heavy atom. The molecule has 0 aliphatic heterocycles. The number of carbonyl (C=O) groups is 1. The number of hydrogen-bond donors (Lipinski definition) is 1. The number of hydrogen-bond acceptors (Lipinski definition) is 1. The van der Waals surface area contributed by atoms with Crippen LogP contribution in [-0.4, -0.2) is 12.5 Å². The molecule has 94 valence electrons. The third-order valence-corrected chi connectivity index (χ3v) is 4.09. The van der Waals surface area contributed by atoms with Crippen LogP contribution < -0.4 is 15.8 Å². The third kappa shape index (κ3) is 1.96. The molecule has 0 bridgehead atoms. The molecule has 18 heavy (non-hydrogen) atoms. The lowest BCUT2D eigenvalue weighted by Crippen LogP contribution is -2.30. The number of carbonyl (C=O) groups excluding carboxylic acids is 1. The Labute approximate surface area is 107 Å². The van der Waals surface area contributed by atoms with Crippen molar-refractivity contribution in [3.05, 3.63) is 34.2 Å². The van der Waals surface area contributed by atoms with Crippen LogP contribution in [0.4, 0.5) is 0 Å². The Kier molecular flexibility index (Phi) is 2.94. The molecule has 1 aromatic carbocycles. The summed E-state index contributed by atoms with van der Waals surface area (Å²) in [6, 6.07) is 6.67. The van der Waals surface area contributed by atoms with Gasteiger partial charge in [0.15, 0.2) is 0 Å². The molecule has 0 saturated heterocycles. The van der Waals surface area contributed by atoms with Crippen LogP contribution in [0.25, 0.3) is 11.6 Å².